The molecule has 0 atom stereocenters. The number of hydrogen-bond donors (Lipinski definition) is 2. The van der Waals surface area contributed by atoms with Gasteiger partial charge in [-0.1, -0.05) is 26.0 Å². The maximum atomic E-state index is 11.8. The highest BCUT2D eigenvalue weighted by Gasteiger charge is 2.32. The van der Waals surface area contributed by atoms with Crippen LogP contribution in [0.1, 0.15) is 39.7 Å². The van der Waals surface area contributed by atoms with Gasteiger partial charge in [0.15, 0.2) is 18.1 Å². The first-order valence-corrected chi connectivity index (χ1v) is 8.28. The molecule has 1 aliphatic rings. The number of para-hydroxylation sites is 1. The molecule has 3 amide bonds. The average molecular weight is 334 g/mol. The lowest BCUT2D eigenvalue weighted by atomic mass is 10.0. The number of imide groups is 1. The highest BCUT2D eigenvalue weighted by atomic mass is 16.5. The molecule has 2 rings (SSSR count). The first-order valence-electron chi connectivity index (χ1n) is 8.28. The first-order chi connectivity index (χ1) is 11.3. The molecule has 6 nitrogen and oxygen atoms in total. The van der Waals surface area contributed by atoms with Crippen molar-refractivity contribution in [3.8, 4) is 11.5 Å². The van der Waals surface area contributed by atoms with E-state index in [1.807, 2.05) is 26.0 Å². The van der Waals surface area contributed by atoms with Gasteiger partial charge in [-0.05, 0) is 32.3 Å². The molecule has 2 N–H and O–H groups in total. The van der Waals surface area contributed by atoms with Crippen molar-refractivity contribution in [2.75, 3.05) is 13.2 Å². The van der Waals surface area contributed by atoms with E-state index in [0.29, 0.717) is 24.0 Å². The van der Waals surface area contributed by atoms with Crippen LogP contribution in [0, 0.1) is 5.92 Å². The molecule has 24 heavy (non-hydrogen) atoms. The van der Waals surface area contributed by atoms with Crippen LogP contribution in [-0.4, -0.2) is 30.7 Å². The van der Waals surface area contributed by atoms with Gasteiger partial charge in [-0.3, -0.25) is 10.1 Å². The zero-order valence-corrected chi connectivity index (χ0v) is 14.8. The predicted octanol–water partition coefficient (Wildman–Crippen LogP) is 2.65. The molecule has 0 spiro atoms. The van der Waals surface area contributed by atoms with Crippen molar-refractivity contribution < 1.29 is 19.1 Å². The second kappa shape index (κ2) is 7.55. The summed E-state index contributed by atoms with van der Waals surface area (Å²) in [6.45, 7) is 8.45. The number of rotatable bonds is 6. The average Bonchev–Trinajstić information content (AvgIpc) is 2.78. The number of hydrogen-bond acceptors (Lipinski definition) is 4. The topological polar surface area (TPSA) is 76.7 Å². The lowest BCUT2D eigenvalue weighted by Crippen LogP contribution is -2.42. The van der Waals surface area contributed by atoms with Crippen molar-refractivity contribution >= 4 is 11.9 Å². The molecule has 1 aromatic carbocycles. The summed E-state index contributed by atoms with van der Waals surface area (Å²) in [5, 5.41) is 4.90. The SMILES string of the molecule is CC(C)CCNC(=O)NC(=O)COc1cccc2c1OC(C)(C)C2. The van der Waals surface area contributed by atoms with Crippen LogP contribution in [0.25, 0.3) is 0 Å². The number of ether oxygens (including phenoxy) is 2. The summed E-state index contributed by atoms with van der Waals surface area (Å²) < 4.78 is 11.4. The molecule has 0 saturated carbocycles. The number of carbonyl (C=O) groups excluding carboxylic acids is 2. The minimum Gasteiger partial charge on any atom is -0.483 e. The summed E-state index contributed by atoms with van der Waals surface area (Å²) in [4.78, 5) is 23.4. The van der Waals surface area contributed by atoms with Crippen LogP contribution in [0.2, 0.25) is 0 Å². The van der Waals surface area contributed by atoms with Crippen molar-refractivity contribution in [2.24, 2.45) is 5.92 Å². The number of amides is 3. The molecular formula is C18H26N2O4. The quantitative estimate of drug-likeness (QED) is 0.838. The standard InChI is InChI=1S/C18H26N2O4/c1-12(2)8-9-19-17(22)20-15(21)11-23-14-7-5-6-13-10-18(3,4)24-16(13)14/h5-7,12H,8-11H2,1-4H3,(H2,19,20,21,22). The number of nitrogens with one attached hydrogen (secondary N) is 2. The zero-order chi connectivity index (χ0) is 17.7. The maximum absolute atomic E-state index is 11.8. The minimum absolute atomic E-state index is 0.238. The number of urea groups is 1. The summed E-state index contributed by atoms with van der Waals surface area (Å²) in [6, 6.07) is 5.12. The van der Waals surface area contributed by atoms with Gasteiger partial charge in [0.05, 0.1) is 0 Å². The normalized spacial score (nSPS) is 14.7. The molecule has 0 saturated heterocycles. The van der Waals surface area contributed by atoms with E-state index >= 15 is 0 Å². The van der Waals surface area contributed by atoms with Crippen molar-refractivity contribution in [1.29, 1.82) is 0 Å². The fourth-order valence-corrected chi connectivity index (χ4v) is 2.53. The van der Waals surface area contributed by atoms with E-state index in [-0.39, 0.29) is 12.2 Å². The van der Waals surface area contributed by atoms with Crippen LogP contribution in [0.5, 0.6) is 11.5 Å². The van der Waals surface area contributed by atoms with E-state index < -0.39 is 11.9 Å². The Morgan fingerprint density at radius 1 is 1.33 bits per heavy atom. The third kappa shape index (κ3) is 5.15. The number of carbonyl (C=O) groups is 2. The summed E-state index contributed by atoms with van der Waals surface area (Å²) in [7, 11) is 0. The molecule has 0 bridgehead atoms. The largest absolute Gasteiger partial charge is 0.483 e. The molecule has 1 aromatic rings. The van der Waals surface area contributed by atoms with Crippen LogP contribution in [0.15, 0.2) is 18.2 Å². The van der Waals surface area contributed by atoms with E-state index in [2.05, 4.69) is 24.5 Å². The Bertz CT molecular complexity index is 611. The van der Waals surface area contributed by atoms with Gasteiger partial charge in [-0.15, -0.1) is 0 Å². The highest BCUT2D eigenvalue weighted by Crippen LogP contribution is 2.41. The van der Waals surface area contributed by atoms with Gasteiger partial charge in [-0.2, -0.15) is 0 Å². The van der Waals surface area contributed by atoms with Crippen LogP contribution >= 0.6 is 0 Å². The zero-order valence-electron chi connectivity index (χ0n) is 14.8. The van der Waals surface area contributed by atoms with E-state index in [4.69, 9.17) is 9.47 Å². The third-order valence-corrected chi connectivity index (χ3v) is 3.67. The van der Waals surface area contributed by atoms with Crippen molar-refractivity contribution in [3.05, 3.63) is 23.8 Å². The molecular weight excluding hydrogens is 308 g/mol. The van der Waals surface area contributed by atoms with Gasteiger partial charge in [0.25, 0.3) is 5.91 Å². The molecule has 0 radical (unpaired) electrons. The first kappa shape index (κ1) is 18.1. The molecule has 0 aliphatic carbocycles. The van der Waals surface area contributed by atoms with Gasteiger partial charge in [0.1, 0.15) is 5.60 Å². The second-order valence-corrected chi connectivity index (χ2v) is 7.06. The lowest BCUT2D eigenvalue weighted by molar-refractivity contribution is -0.122. The Kier molecular flexibility index (Phi) is 5.70. The van der Waals surface area contributed by atoms with Gasteiger partial charge >= 0.3 is 6.03 Å². The molecule has 1 heterocycles. The van der Waals surface area contributed by atoms with Gasteiger partial charge < -0.3 is 14.8 Å². The monoisotopic (exact) mass is 334 g/mol. The third-order valence-electron chi connectivity index (χ3n) is 3.67. The summed E-state index contributed by atoms with van der Waals surface area (Å²) in [5.74, 6) is 1.20. The minimum atomic E-state index is -0.500. The molecule has 132 valence electrons. The van der Waals surface area contributed by atoms with Crippen molar-refractivity contribution in [2.45, 2.75) is 46.1 Å². The Morgan fingerprint density at radius 2 is 2.08 bits per heavy atom. The van der Waals surface area contributed by atoms with E-state index in [1.165, 1.54) is 0 Å². The summed E-state index contributed by atoms with van der Waals surface area (Å²) in [5.41, 5.74) is 0.782. The highest BCUT2D eigenvalue weighted by molar-refractivity contribution is 5.95. The van der Waals surface area contributed by atoms with Crippen LogP contribution in [0.4, 0.5) is 4.79 Å². The van der Waals surface area contributed by atoms with Crippen LogP contribution in [-0.2, 0) is 11.2 Å². The van der Waals surface area contributed by atoms with Gasteiger partial charge in [-0.25, -0.2) is 4.79 Å². The molecule has 0 aromatic heterocycles. The van der Waals surface area contributed by atoms with Gasteiger partial charge in [0, 0.05) is 18.5 Å². The lowest BCUT2D eigenvalue weighted by Gasteiger charge is -2.18. The molecule has 0 unspecified atom stereocenters. The Morgan fingerprint density at radius 3 is 2.79 bits per heavy atom. The van der Waals surface area contributed by atoms with Crippen molar-refractivity contribution in [3.63, 3.8) is 0 Å². The number of benzene rings is 1. The Labute approximate surface area is 142 Å². The molecule has 6 heteroatoms. The second-order valence-electron chi connectivity index (χ2n) is 7.06. The predicted molar refractivity (Wildman–Crippen MR) is 91.3 cm³/mol. The molecule has 0 fully saturated rings. The van der Waals surface area contributed by atoms with E-state index in [1.54, 1.807) is 6.07 Å². The van der Waals surface area contributed by atoms with Crippen molar-refractivity contribution in [1.82, 2.24) is 10.6 Å². The number of fused-ring (bicyclic) bond motifs is 1. The smallest absolute Gasteiger partial charge is 0.321 e. The van der Waals surface area contributed by atoms with Gasteiger partial charge in [0.2, 0.25) is 0 Å². The van der Waals surface area contributed by atoms with Crippen LogP contribution in [0.3, 0.4) is 0 Å². The summed E-state index contributed by atoms with van der Waals surface area (Å²) >= 11 is 0. The van der Waals surface area contributed by atoms with E-state index in [0.717, 1.165) is 18.4 Å². The van der Waals surface area contributed by atoms with Crippen LogP contribution < -0.4 is 20.1 Å². The van der Waals surface area contributed by atoms with E-state index in [9.17, 15) is 9.59 Å². The molecule has 1 aliphatic heterocycles. The fourth-order valence-electron chi connectivity index (χ4n) is 2.53. The summed E-state index contributed by atoms with van der Waals surface area (Å²) in [6.07, 6.45) is 1.66. The Hall–Kier alpha value is -2.24. The fraction of sp³-hybridized carbons (Fsp3) is 0.556. The maximum Gasteiger partial charge on any atom is 0.321 e. The Balaban J connectivity index is 1.81.